The van der Waals surface area contributed by atoms with Crippen molar-refractivity contribution in [2.45, 2.75) is 51.1 Å². The van der Waals surface area contributed by atoms with Crippen LogP contribution in [0.2, 0.25) is 0 Å². The molecular formula is C19H31N3O2. The smallest absolute Gasteiger partial charge is 0.220 e. The van der Waals surface area contributed by atoms with Gasteiger partial charge in [0.2, 0.25) is 5.91 Å². The Morgan fingerprint density at radius 2 is 1.92 bits per heavy atom. The second-order valence-electron chi connectivity index (χ2n) is 6.71. The van der Waals surface area contributed by atoms with Crippen LogP contribution in [0.25, 0.3) is 0 Å². The molecule has 0 saturated carbocycles. The Hall–Kier alpha value is -1.59. The average Bonchev–Trinajstić information content (AvgIpc) is 2.61. The second-order valence-corrected chi connectivity index (χ2v) is 6.71. The minimum atomic E-state index is 0.0650. The lowest BCUT2D eigenvalue weighted by Gasteiger charge is -2.35. The normalized spacial score (nSPS) is 18.0. The molecule has 24 heavy (non-hydrogen) atoms. The first-order valence-corrected chi connectivity index (χ1v) is 9.00. The van der Waals surface area contributed by atoms with E-state index in [-0.39, 0.29) is 18.0 Å². The summed E-state index contributed by atoms with van der Waals surface area (Å²) < 4.78 is 5.25. The summed E-state index contributed by atoms with van der Waals surface area (Å²) in [6, 6.07) is 8.47. The van der Waals surface area contributed by atoms with Crippen LogP contribution in [0, 0.1) is 0 Å². The maximum Gasteiger partial charge on any atom is 0.220 e. The number of carbonyl (C=O) groups excluding carboxylic acids is 1. The first kappa shape index (κ1) is 18.7. The zero-order valence-electron chi connectivity index (χ0n) is 15.0. The molecule has 2 unspecified atom stereocenters. The highest BCUT2D eigenvalue weighted by molar-refractivity contribution is 5.75. The molecule has 2 atom stereocenters. The molecule has 1 aliphatic heterocycles. The van der Waals surface area contributed by atoms with Crippen LogP contribution in [0.15, 0.2) is 24.3 Å². The fourth-order valence-electron chi connectivity index (χ4n) is 3.17. The predicted molar refractivity (Wildman–Crippen MR) is 97.1 cm³/mol. The van der Waals surface area contributed by atoms with E-state index in [2.05, 4.69) is 22.3 Å². The number of ether oxygens (including phenoxy) is 1. The van der Waals surface area contributed by atoms with Gasteiger partial charge in [-0.1, -0.05) is 18.6 Å². The molecule has 2 rings (SSSR count). The molecule has 0 aromatic heterocycles. The van der Waals surface area contributed by atoms with Crippen LogP contribution in [-0.4, -0.2) is 43.6 Å². The first-order valence-electron chi connectivity index (χ1n) is 9.00. The Morgan fingerprint density at radius 1 is 1.25 bits per heavy atom. The van der Waals surface area contributed by atoms with Crippen molar-refractivity contribution in [2.24, 2.45) is 5.73 Å². The summed E-state index contributed by atoms with van der Waals surface area (Å²) in [5.74, 6) is 0.944. The number of methoxy groups -OCH3 is 1. The van der Waals surface area contributed by atoms with E-state index in [4.69, 9.17) is 10.5 Å². The predicted octanol–water partition coefficient (Wildman–Crippen LogP) is 2.47. The number of benzene rings is 1. The monoisotopic (exact) mass is 333 g/mol. The lowest BCUT2D eigenvalue weighted by Crippen LogP contribution is -2.40. The Kier molecular flexibility index (Phi) is 7.53. The third kappa shape index (κ3) is 5.80. The minimum absolute atomic E-state index is 0.0650. The highest BCUT2D eigenvalue weighted by Gasteiger charge is 2.22. The molecule has 0 spiro atoms. The lowest BCUT2D eigenvalue weighted by molar-refractivity contribution is -0.121. The summed E-state index contributed by atoms with van der Waals surface area (Å²) in [5.41, 5.74) is 6.96. The number of piperidine rings is 1. The highest BCUT2D eigenvalue weighted by atomic mass is 16.5. The summed E-state index contributed by atoms with van der Waals surface area (Å²) in [7, 11) is 1.68. The van der Waals surface area contributed by atoms with Gasteiger partial charge in [0.05, 0.1) is 13.2 Å². The molecule has 1 saturated heterocycles. The number of nitrogens with one attached hydrogen (secondary N) is 1. The largest absolute Gasteiger partial charge is 0.497 e. The molecule has 1 aliphatic rings. The number of hydrogen-bond acceptors (Lipinski definition) is 4. The number of hydrogen-bond donors (Lipinski definition) is 2. The third-order valence-electron chi connectivity index (χ3n) is 4.65. The summed E-state index contributed by atoms with van der Waals surface area (Å²) in [4.78, 5) is 14.5. The summed E-state index contributed by atoms with van der Waals surface area (Å²) >= 11 is 0. The number of carbonyl (C=O) groups is 1. The van der Waals surface area contributed by atoms with E-state index in [9.17, 15) is 4.79 Å². The molecule has 0 bridgehead atoms. The molecule has 0 aliphatic carbocycles. The zero-order chi connectivity index (χ0) is 17.4. The van der Waals surface area contributed by atoms with Gasteiger partial charge in [-0.3, -0.25) is 9.69 Å². The van der Waals surface area contributed by atoms with E-state index in [0.717, 1.165) is 25.3 Å². The van der Waals surface area contributed by atoms with E-state index in [1.165, 1.54) is 24.8 Å². The topological polar surface area (TPSA) is 67.6 Å². The van der Waals surface area contributed by atoms with Gasteiger partial charge in [-0.15, -0.1) is 0 Å². The number of likely N-dealkylation sites (tertiary alicyclic amines) is 1. The molecule has 3 N–H and O–H groups in total. The molecule has 1 heterocycles. The van der Waals surface area contributed by atoms with Crippen LogP contribution in [-0.2, 0) is 4.79 Å². The SMILES string of the molecule is COc1ccc(C(CNC(=O)CCC(C)N)N2CCCCC2)cc1. The van der Waals surface area contributed by atoms with E-state index < -0.39 is 0 Å². The van der Waals surface area contributed by atoms with Crippen molar-refractivity contribution >= 4 is 5.91 Å². The summed E-state index contributed by atoms with van der Waals surface area (Å²) in [6.07, 6.45) is 4.97. The van der Waals surface area contributed by atoms with Crippen LogP contribution in [0.3, 0.4) is 0 Å². The Morgan fingerprint density at radius 3 is 2.50 bits per heavy atom. The zero-order valence-corrected chi connectivity index (χ0v) is 15.0. The number of nitrogens with zero attached hydrogens (tertiary/aromatic N) is 1. The van der Waals surface area contributed by atoms with Crippen LogP contribution in [0.1, 0.15) is 50.6 Å². The Balaban J connectivity index is 2.00. The van der Waals surface area contributed by atoms with Gasteiger partial charge in [0.15, 0.2) is 0 Å². The molecule has 134 valence electrons. The van der Waals surface area contributed by atoms with Gasteiger partial charge >= 0.3 is 0 Å². The Labute approximate surface area is 145 Å². The molecule has 1 aromatic carbocycles. The maximum atomic E-state index is 12.1. The maximum absolute atomic E-state index is 12.1. The number of rotatable bonds is 8. The third-order valence-corrected chi connectivity index (χ3v) is 4.65. The minimum Gasteiger partial charge on any atom is -0.497 e. The molecule has 1 fully saturated rings. The van der Waals surface area contributed by atoms with Crippen molar-refractivity contribution in [3.8, 4) is 5.75 Å². The van der Waals surface area contributed by atoms with Crippen molar-refractivity contribution < 1.29 is 9.53 Å². The van der Waals surface area contributed by atoms with E-state index in [1.807, 2.05) is 19.1 Å². The molecule has 5 nitrogen and oxygen atoms in total. The quantitative estimate of drug-likeness (QED) is 0.767. The fraction of sp³-hybridized carbons (Fsp3) is 0.632. The van der Waals surface area contributed by atoms with Crippen LogP contribution < -0.4 is 15.8 Å². The number of nitrogens with two attached hydrogens (primary N) is 1. The van der Waals surface area contributed by atoms with Gasteiger partial charge in [0.25, 0.3) is 0 Å². The molecule has 5 heteroatoms. The van der Waals surface area contributed by atoms with Gasteiger partial charge in [-0.25, -0.2) is 0 Å². The van der Waals surface area contributed by atoms with E-state index >= 15 is 0 Å². The Bertz CT molecular complexity index is 496. The van der Waals surface area contributed by atoms with Crippen molar-refractivity contribution in [3.05, 3.63) is 29.8 Å². The number of amides is 1. The van der Waals surface area contributed by atoms with Crippen molar-refractivity contribution in [3.63, 3.8) is 0 Å². The van der Waals surface area contributed by atoms with Gasteiger partial charge in [-0.2, -0.15) is 0 Å². The van der Waals surface area contributed by atoms with Crippen LogP contribution in [0.5, 0.6) is 5.75 Å². The standard InChI is InChI=1S/C19H31N3O2/c1-15(20)6-11-19(23)21-14-18(22-12-4-3-5-13-22)16-7-9-17(24-2)10-8-16/h7-10,15,18H,3-6,11-14,20H2,1-2H3,(H,21,23). The van der Waals surface area contributed by atoms with Crippen molar-refractivity contribution in [1.82, 2.24) is 10.2 Å². The van der Waals surface area contributed by atoms with Crippen molar-refractivity contribution in [1.29, 1.82) is 0 Å². The van der Waals surface area contributed by atoms with Gasteiger partial charge < -0.3 is 15.8 Å². The highest BCUT2D eigenvalue weighted by Crippen LogP contribution is 2.25. The van der Waals surface area contributed by atoms with Crippen LogP contribution >= 0.6 is 0 Å². The molecule has 1 aromatic rings. The average molecular weight is 333 g/mol. The second kappa shape index (κ2) is 9.64. The molecule has 1 amide bonds. The summed E-state index contributed by atoms with van der Waals surface area (Å²) in [6.45, 7) is 4.75. The van der Waals surface area contributed by atoms with Crippen LogP contribution in [0.4, 0.5) is 0 Å². The van der Waals surface area contributed by atoms with E-state index in [1.54, 1.807) is 7.11 Å². The van der Waals surface area contributed by atoms with Crippen molar-refractivity contribution in [2.75, 3.05) is 26.7 Å². The first-order chi connectivity index (χ1) is 11.6. The van der Waals surface area contributed by atoms with E-state index in [0.29, 0.717) is 13.0 Å². The lowest BCUT2D eigenvalue weighted by atomic mass is 10.0. The summed E-state index contributed by atoms with van der Waals surface area (Å²) in [5, 5.41) is 3.10. The van der Waals surface area contributed by atoms with Gasteiger partial charge in [0.1, 0.15) is 5.75 Å². The molecule has 0 radical (unpaired) electrons. The fourth-order valence-corrected chi connectivity index (χ4v) is 3.17. The van der Waals surface area contributed by atoms with Gasteiger partial charge in [0, 0.05) is 19.0 Å². The molecular weight excluding hydrogens is 302 g/mol. The van der Waals surface area contributed by atoms with Gasteiger partial charge in [-0.05, 0) is 57.0 Å².